The van der Waals surface area contributed by atoms with Crippen LogP contribution in [0.5, 0.6) is 0 Å². The van der Waals surface area contributed by atoms with Crippen LogP contribution in [0.25, 0.3) is 32.0 Å². The maximum absolute atomic E-state index is 4.79. The first-order valence-electron chi connectivity index (χ1n) is 7.48. The van der Waals surface area contributed by atoms with E-state index in [-0.39, 0.29) is 0 Å². The summed E-state index contributed by atoms with van der Waals surface area (Å²) in [6.07, 6.45) is 5.70. The second-order valence-corrected chi connectivity index (χ2v) is 6.69. The minimum absolute atomic E-state index is 0.904. The third-order valence-corrected chi connectivity index (χ3v) is 5.22. The highest BCUT2D eigenvalue weighted by Gasteiger charge is 2.25. The van der Waals surface area contributed by atoms with Crippen molar-refractivity contribution in [2.45, 2.75) is 6.54 Å². The van der Waals surface area contributed by atoms with Crippen LogP contribution in [0.3, 0.4) is 0 Å². The average molecular weight is 322 g/mol. The molecular formula is C16H14N6S. The highest BCUT2D eigenvalue weighted by molar-refractivity contribution is 7.22. The molecule has 1 aliphatic heterocycles. The van der Waals surface area contributed by atoms with Gasteiger partial charge in [-0.3, -0.25) is 9.67 Å². The van der Waals surface area contributed by atoms with Gasteiger partial charge in [-0.1, -0.05) is 0 Å². The Balaban J connectivity index is 1.77. The Labute approximate surface area is 136 Å². The van der Waals surface area contributed by atoms with E-state index in [9.17, 15) is 0 Å². The van der Waals surface area contributed by atoms with Gasteiger partial charge in [-0.25, -0.2) is 4.98 Å². The van der Waals surface area contributed by atoms with Gasteiger partial charge in [-0.05, 0) is 18.2 Å². The van der Waals surface area contributed by atoms with Gasteiger partial charge in [0.15, 0.2) is 0 Å². The largest absolute Gasteiger partial charge is 0.354 e. The van der Waals surface area contributed by atoms with Crippen LogP contribution in [0.2, 0.25) is 0 Å². The number of hydrogen-bond donors (Lipinski definition) is 1. The van der Waals surface area contributed by atoms with Crippen molar-refractivity contribution in [3.8, 4) is 22.0 Å². The van der Waals surface area contributed by atoms with E-state index in [1.165, 1.54) is 15.0 Å². The maximum atomic E-state index is 4.79. The van der Waals surface area contributed by atoms with Gasteiger partial charge in [0.2, 0.25) is 5.95 Å². The van der Waals surface area contributed by atoms with Crippen molar-refractivity contribution in [3.63, 3.8) is 0 Å². The van der Waals surface area contributed by atoms with Crippen molar-refractivity contribution in [1.29, 1.82) is 0 Å². The molecule has 0 spiro atoms. The van der Waals surface area contributed by atoms with Crippen molar-refractivity contribution in [2.24, 2.45) is 7.05 Å². The molecule has 0 atom stereocenters. The number of rotatable bonds is 2. The van der Waals surface area contributed by atoms with Crippen LogP contribution in [0.4, 0.5) is 5.95 Å². The van der Waals surface area contributed by atoms with E-state index >= 15 is 0 Å². The lowest BCUT2D eigenvalue weighted by molar-refractivity contribution is 0.770. The van der Waals surface area contributed by atoms with Crippen LogP contribution >= 0.6 is 11.3 Å². The van der Waals surface area contributed by atoms with E-state index in [2.05, 4.69) is 32.1 Å². The van der Waals surface area contributed by atoms with Gasteiger partial charge in [0.25, 0.3) is 0 Å². The van der Waals surface area contributed by atoms with Crippen molar-refractivity contribution in [3.05, 3.63) is 36.8 Å². The zero-order valence-electron chi connectivity index (χ0n) is 12.5. The van der Waals surface area contributed by atoms with Gasteiger partial charge < -0.3 is 9.88 Å². The summed E-state index contributed by atoms with van der Waals surface area (Å²) in [5.41, 5.74) is 2.99. The maximum Gasteiger partial charge on any atom is 0.204 e. The van der Waals surface area contributed by atoms with E-state index in [0.29, 0.717) is 0 Å². The standard InChI is InChI=1S/C16H14N6S/c1-21-6-3-11(20-21)14-15(22-7-5-18-16(22)19-14)13-8-10-9-17-4-2-12(10)23-13/h2-4,6,8-9H,5,7H2,1H3,(H,18,19). The topological polar surface area (TPSA) is 60.6 Å². The predicted octanol–water partition coefficient (Wildman–Crippen LogP) is 2.99. The molecule has 4 aromatic heterocycles. The number of hydrogen-bond acceptors (Lipinski definition) is 5. The van der Waals surface area contributed by atoms with Gasteiger partial charge in [0, 0.05) is 48.8 Å². The molecule has 0 bridgehead atoms. The van der Waals surface area contributed by atoms with Crippen LogP contribution in [-0.2, 0) is 13.6 Å². The predicted molar refractivity (Wildman–Crippen MR) is 91.5 cm³/mol. The molecule has 0 aliphatic carbocycles. The first-order valence-corrected chi connectivity index (χ1v) is 8.29. The number of nitrogens with zero attached hydrogens (tertiary/aromatic N) is 5. The summed E-state index contributed by atoms with van der Waals surface area (Å²) in [6.45, 7) is 1.85. The molecule has 0 aromatic carbocycles. The van der Waals surface area contributed by atoms with Gasteiger partial charge in [-0.2, -0.15) is 5.10 Å². The summed E-state index contributed by atoms with van der Waals surface area (Å²) < 4.78 is 5.30. The fourth-order valence-electron chi connectivity index (χ4n) is 3.06. The zero-order chi connectivity index (χ0) is 15.4. The summed E-state index contributed by atoms with van der Waals surface area (Å²) in [4.78, 5) is 10.2. The number of anilines is 1. The molecule has 114 valence electrons. The molecule has 6 nitrogen and oxygen atoms in total. The first-order chi connectivity index (χ1) is 11.3. The molecule has 0 amide bonds. The number of aromatic nitrogens is 5. The molecule has 0 unspecified atom stereocenters. The van der Waals surface area contributed by atoms with E-state index in [1.807, 2.05) is 36.4 Å². The van der Waals surface area contributed by atoms with E-state index in [4.69, 9.17) is 4.98 Å². The molecule has 5 rings (SSSR count). The Morgan fingerprint density at radius 2 is 2.26 bits per heavy atom. The van der Waals surface area contributed by atoms with Crippen molar-refractivity contribution >= 4 is 27.4 Å². The minimum atomic E-state index is 0.904. The van der Waals surface area contributed by atoms with E-state index in [1.54, 1.807) is 11.3 Å². The molecule has 0 radical (unpaired) electrons. The number of pyridine rings is 1. The Hall–Kier alpha value is -2.67. The Kier molecular flexibility index (Phi) is 2.60. The quantitative estimate of drug-likeness (QED) is 0.616. The second-order valence-electron chi connectivity index (χ2n) is 5.61. The SMILES string of the molecule is Cn1ccc(-c2nc3n(c2-c2cc4cnccc4s2)CCN3)n1. The molecule has 1 aliphatic rings. The number of fused-ring (bicyclic) bond motifs is 2. The van der Waals surface area contributed by atoms with E-state index in [0.717, 1.165) is 36.1 Å². The van der Waals surface area contributed by atoms with Crippen LogP contribution in [0.1, 0.15) is 0 Å². The molecule has 23 heavy (non-hydrogen) atoms. The number of imidazole rings is 1. The lowest BCUT2D eigenvalue weighted by atomic mass is 10.2. The molecule has 4 aromatic rings. The summed E-state index contributed by atoms with van der Waals surface area (Å²) in [5, 5.41) is 9.06. The van der Waals surface area contributed by atoms with E-state index < -0.39 is 0 Å². The van der Waals surface area contributed by atoms with Crippen molar-refractivity contribution in [1.82, 2.24) is 24.3 Å². The van der Waals surface area contributed by atoms with Crippen LogP contribution < -0.4 is 5.32 Å². The normalized spacial score (nSPS) is 13.4. The summed E-state index contributed by atoms with van der Waals surface area (Å²) in [7, 11) is 1.93. The third kappa shape index (κ3) is 1.90. The van der Waals surface area contributed by atoms with Crippen LogP contribution in [0, 0.1) is 0 Å². The summed E-state index contributed by atoms with van der Waals surface area (Å²) >= 11 is 1.77. The van der Waals surface area contributed by atoms with Gasteiger partial charge in [-0.15, -0.1) is 11.3 Å². The lowest BCUT2D eigenvalue weighted by Crippen LogP contribution is -1.98. The molecule has 5 heterocycles. The van der Waals surface area contributed by atoms with Gasteiger partial charge in [0.05, 0.1) is 10.6 Å². The zero-order valence-corrected chi connectivity index (χ0v) is 13.3. The summed E-state index contributed by atoms with van der Waals surface area (Å²) in [6, 6.07) is 6.27. The van der Waals surface area contributed by atoms with Crippen molar-refractivity contribution < 1.29 is 0 Å². The molecule has 7 heteroatoms. The second kappa shape index (κ2) is 4.66. The van der Waals surface area contributed by atoms with Gasteiger partial charge in [0.1, 0.15) is 11.4 Å². The first kappa shape index (κ1) is 12.8. The highest BCUT2D eigenvalue weighted by atomic mass is 32.1. The average Bonchev–Trinajstić information content (AvgIpc) is 3.28. The molecule has 0 fully saturated rings. The smallest absolute Gasteiger partial charge is 0.204 e. The molecule has 0 saturated carbocycles. The van der Waals surface area contributed by atoms with Crippen LogP contribution in [-0.4, -0.2) is 30.9 Å². The molecule has 1 N–H and O–H groups in total. The minimum Gasteiger partial charge on any atom is -0.354 e. The Morgan fingerprint density at radius 3 is 3.09 bits per heavy atom. The third-order valence-electron chi connectivity index (χ3n) is 4.09. The molecule has 0 saturated heterocycles. The number of aryl methyl sites for hydroxylation is 1. The van der Waals surface area contributed by atoms with Crippen molar-refractivity contribution in [2.75, 3.05) is 11.9 Å². The lowest BCUT2D eigenvalue weighted by Gasteiger charge is -2.03. The fraction of sp³-hybridized carbons (Fsp3) is 0.188. The highest BCUT2D eigenvalue weighted by Crippen LogP contribution is 2.40. The Morgan fingerprint density at radius 1 is 1.30 bits per heavy atom. The van der Waals surface area contributed by atoms with Gasteiger partial charge >= 0.3 is 0 Å². The number of thiophene rings is 1. The Bertz CT molecular complexity index is 991. The molecular weight excluding hydrogens is 308 g/mol. The monoisotopic (exact) mass is 322 g/mol. The van der Waals surface area contributed by atoms with Crippen LogP contribution in [0.15, 0.2) is 36.8 Å². The summed E-state index contributed by atoms with van der Waals surface area (Å²) in [5.74, 6) is 0.927. The number of nitrogens with one attached hydrogen (secondary N) is 1. The fourth-order valence-corrected chi connectivity index (χ4v) is 4.14.